The van der Waals surface area contributed by atoms with E-state index in [9.17, 15) is 9.90 Å². The van der Waals surface area contributed by atoms with Crippen LogP contribution < -0.4 is 0 Å². The minimum Gasteiger partial charge on any atom is -0.386 e. The second kappa shape index (κ2) is 10.4. The lowest BCUT2D eigenvalue weighted by atomic mass is 9.51. The first-order valence-corrected chi connectivity index (χ1v) is 12.6. The Morgan fingerprint density at radius 1 is 1.13 bits per heavy atom. The lowest BCUT2D eigenvalue weighted by Crippen LogP contribution is -2.44. The number of rotatable bonds is 7. The first kappa shape index (κ1) is 23.5. The minimum atomic E-state index is -0.808. The van der Waals surface area contributed by atoms with E-state index in [0.29, 0.717) is 17.8 Å². The van der Waals surface area contributed by atoms with E-state index in [1.165, 1.54) is 75.4 Å². The maximum absolute atomic E-state index is 11.8. The highest BCUT2D eigenvalue weighted by molar-refractivity contribution is 5.82. The van der Waals surface area contributed by atoms with E-state index >= 15 is 0 Å². The van der Waals surface area contributed by atoms with Gasteiger partial charge in [0, 0.05) is 6.42 Å². The Morgan fingerprint density at radius 2 is 1.90 bits per heavy atom. The topological polar surface area (TPSA) is 37.3 Å². The second-order valence-corrected chi connectivity index (χ2v) is 10.7. The number of Topliss-reactive ketones (excluding diaryl/α,β-unsaturated/α-hetero) is 1. The average molecular weight is 413 g/mol. The van der Waals surface area contributed by atoms with Crippen molar-refractivity contribution in [1.82, 2.24) is 0 Å². The van der Waals surface area contributed by atoms with Gasteiger partial charge in [0.05, 0.1) is 0 Å². The molecule has 0 saturated heterocycles. The monoisotopic (exact) mass is 412 g/mol. The number of carbonyl (C=O) groups excluding carboxylic acids is 1. The van der Waals surface area contributed by atoms with Crippen molar-refractivity contribution in [3.8, 4) is 0 Å². The molecule has 0 heterocycles. The quantitative estimate of drug-likeness (QED) is 0.475. The maximum Gasteiger partial charge on any atom is 0.160 e. The van der Waals surface area contributed by atoms with Crippen molar-refractivity contribution in [3.63, 3.8) is 0 Å². The molecule has 5 atom stereocenters. The van der Waals surface area contributed by atoms with Crippen molar-refractivity contribution < 1.29 is 9.90 Å². The molecule has 2 heteroatoms. The van der Waals surface area contributed by atoms with Gasteiger partial charge in [-0.3, -0.25) is 4.79 Å². The fourth-order valence-corrected chi connectivity index (χ4v) is 6.82. The van der Waals surface area contributed by atoms with Crippen molar-refractivity contribution in [1.29, 1.82) is 0 Å². The summed E-state index contributed by atoms with van der Waals surface area (Å²) >= 11 is 0. The van der Waals surface area contributed by atoms with Crippen LogP contribution in [0.2, 0.25) is 0 Å². The first-order valence-electron chi connectivity index (χ1n) is 12.6. The van der Waals surface area contributed by atoms with Crippen LogP contribution >= 0.6 is 0 Å². The van der Waals surface area contributed by atoms with E-state index in [-0.39, 0.29) is 5.78 Å². The van der Waals surface area contributed by atoms with Crippen LogP contribution in [0.5, 0.6) is 0 Å². The number of hydrogen-bond donors (Lipinski definition) is 1. The minimum absolute atomic E-state index is 0.00448. The Bertz CT molecular complexity index is 683. The average Bonchev–Trinajstić information content (AvgIpc) is 2.72. The summed E-state index contributed by atoms with van der Waals surface area (Å²) in [6.07, 6.45) is 19.6. The van der Waals surface area contributed by atoms with Gasteiger partial charge in [0.1, 0.15) is 6.10 Å². The molecule has 3 rings (SSSR count). The molecule has 0 aromatic rings. The zero-order valence-corrected chi connectivity index (χ0v) is 19.7. The summed E-state index contributed by atoms with van der Waals surface area (Å²) in [5.74, 6) is 2.12. The summed E-state index contributed by atoms with van der Waals surface area (Å²) in [6, 6.07) is 0. The van der Waals surface area contributed by atoms with Gasteiger partial charge >= 0.3 is 0 Å². The van der Waals surface area contributed by atoms with E-state index in [1.807, 2.05) is 0 Å². The highest BCUT2D eigenvalue weighted by Crippen LogP contribution is 2.57. The van der Waals surface area contributed by atoms with E-state index in [4.69, 9.17) is 0 Å². The molecule has 0 radical (unpaired) electrons. The molecule has 2 nitrogen and oxygen atoms in total. The van der Waals surface area contributed by atoms with E-state index in [2.05, 4.69) is 32.6 Å². The molecule has 30 heavy (non-hydrogen) atoms. The Labute approximate surface area is 184 Å². The van der Waals surface area contributed by atoms with Crippen molar-refractivity contribution in [2.24, 2.45) is 23.2 Å². The van der Waals surface area contributed by atoms with Gasteiger partial charge in [-0.1, -0.05) is 56.6 Å². The molecular formula is C28H44O2. The number of carbonyl (C=O) groups is 1. The van der Waals surface area contributed by atoms with Crippen LogP contribution in [-0.4, -0.2) is 17.0 Å². The first-order chi connectivity index (χ1) is 14.3. The van der Waals surface area contributed by atoms with Gasteiger partial charge in [0.25, 0.3) is 0 Å². The molecule has 4 unspecified atom stereocenters. The van der Waals surface area contributed by atoms with Crippen LogP contribution in [0.4, 0.5) is 0 Å². The number of hydrogen-bond acceptors (Lipinski definition) is 2. The highest BCUT2D eigenvalue weighted by Gasteiger charge is 2.48. The van der Waals surface area contributed by atoms with Crippen molar-refractivity contribution >= 4 is 5.78 Å². The molecule has 0 spiro atoms. The van der Waals surface area contributed by atoms with Crippen LogP contribution in [0.15, 0.2) is 35.5 Å². The van der Waals surface area contributed by atoms with Crippen LogP contribution in [-0.2, 0) is 4.79 Å². The lowest BCUT2D eigenvalue weighted by Gasteiger charge is -2.53. The molecule has 0 aromatic carbocycles. The number of ketones is 1. The van der Waals surface area contributed by atoms with Gasteiger partial charge in [-0.2, -0.15) is 0 Å². The van der Waals surface area contributed by atoms with Gasteiger partial charge in [0.2, 0.25) is 0 Å². The Hall–Kier alpha value is -1.15. The van der Waals surface area contributed by atoms with Gasteiger partial charge in [-0.05, 0) is 99.9 Å². The Balaban J connectivity index is 1.69. The van der Waals surface area contributed by atoms with Gasteiger partial charge in [-0.25, -0.2) is 0 Å². The smallest absolute Gasteiger partial charge is 0.160 e. The lowest BCUT2D eigenvalue weighted by molar-refractivity contribution is -0.126. The fraction of sp³-hybridized carbons (Fsp3) is 0.750. The summed E-state index contributed by atoms with van der Waals surface area (Å²) in [5.41, 5.74) is 4.94. The normalized spacial score (nSPS) is 34.6. The molecule has 1 N–H and O–H groups in total. The molecule has 168 valence electrons. The number of fused-ring (bicyclic) bond motifs is 1. The Morgan fingerprint density at radius 3 is 2.63 bits per heavy atom. The molecule has 0 aromatic heterocycles. The number of allylic oxidation sites excluding steroid dienone is 5. The Kier molecular flexibility index (Phi) is 8.18. The number of aliphatic hydroxyl groups is 1. The SMILES string of the molecule is C=C1CCCC/C1=C/C=C1\CCCC2(C)C1CCCC2[C@H](C)CCCC(=O)C(C)O. The molecule has 0 bridgehead atoms. The fourth-order valence-electron chi connectivity index (χ4n) is 6.82. The molecule has 0 aliphatic heterocycles. The van der Waals surface area contributed by atoms with E-state index in [0.717, 1.165) is 24.7 Å². The van der Waals surface area contributed by atoms with Crippen molar-refractivity contribution in [3.05, 3.63) is 35.5 Å². The summed E-state index contributed by atoms with van der Waals surface area (Å²) in [6.45, 7) is 10.9. The predicted octanol–water partition coefficient (Wildman–Crippen LogP) is 7.33. The third-order valence-corrected chi connectivity index (χ3v) is 8.64. The third kappa shape index (κ3) is 5.36. The van der Waals surface area contributed by atoms with Gasteiger partial charge < -0.3 is 5.11 Å². The predicted molar refractivity (Wildman–Crippen MR) is 126 cm³/mol. The van der Waals surface area contributed by atoms with Crippen LogP contribution in [0.25, 0.3) is 0 Å². The van der Waals surface area contributed by atoms with E-state index < -0.39 is 6.10 Å². The number of aliphatic hydroxyl groups excluding tert-OH is 1. The summed E-state index contributed by atoms with van der Waals surface area (Å²) < 4.78 is 0. The standard InChI is InChI=1S/C28H44O2/c1-20-10-5-6-12-23(20)17-18-24-13-9-19-28(4)25(14-8-15-26(24)28)21(2)11-7-16-27(30)22(3)29/h17-18,21-22,25-26,29H,1,5-16,19H2,2-4H3/b23-17-,24-18+/t21-,22?,25?,26?,28?/m1/s1. The van der Waals surface area contributed by atoms with Crippen molar-refractivity contribution in [2.45, 2.75) is 110 Å². The summed E-state index contributed by atoms with van der Waals surface area (Å²) in [4.78, 5) is 11.8. The van der Waals surface area contributed by atoms with Crippen molar-refractivity contribution in [2.75, 3.05) is 0 Å². The summed E-state index contributed by atoms with van der Waals surface area (Å²) in [5, 5.41) is 9.45. The highest BCUT2D eigenvalue weighted by atomic mass is 16.3. The van der Waals surface area contributed by atoms with Crippen LogP contribution in [0.3, 0.4) is 0 Å². The zero-order valence-electron chi connectivity index (χ0n) is 19.7. The van der Waals surface area contributed by atoms with Gasteiger partial charge in [0.15, 0.2) is 5.78 Å². The molecule has 3 saturated carbocycles. The molecule has 3 fully saturated rings. The molecule has 3 aliphatic carbocycles. The molecule has 3 aliphatic rings. The van der Waals surface area contributed by atoms with Crippen LogP contribution in [0, 0.1) is 23.2 Å². The van der Waals surface area contributed by atoms with Gasteiger partial charge in [-0.15, -0.1) is 0 Å². The second-order valence-electron chi connectivity index (χ2n) is 10.7. The largest absolute Gasteiger partial charge is 0.386 e. The summed E-state index contributed by atoms with van der Waals surface area (Å²) in [7, 11) is 0. The van der Waals surface area contributed by atoms with Crippen LogP contribution in [0.1, 0.15) is 104 Å². The maximum atomic E-state index is 11.8. The zero-order chi connectivity index (χ0) is 21.7. The van der Waals surface area contributed by atoms with E-state index in [1.54, 1.807) is 12.5 Å². The molecule has 0 amide bonds. The molecular weight excluding hydrogens is 368 g/mol. The third-order valence-electron chi connectivity index (χ3n) is 8.64.